The lowest BCUT2D eigenvalue weighted by Gasteiger charge is -2.26. The molecule has 3 aromatic rings. The fourth-order valence-electron chi connectivity index (χ4n) is 4.33. The van der Waals surface area contributed by atoms with Gasteiger partial charge in [-0.3, -0.25) is 9.59 Å². The first kappa shape index (κ1) is 22.4. The number of aliphatic hydroxyl groups is 1. The number of Topliss-reactive ketones (excluding diaryl/α,β-unsaturated/α-hetero) is 1. The van der Waals surface area contributed by atoms with E-state index in [2.05, 4.69) is 0 Å². The summed E-state index contributed by atoms with van der Waals surface area (Å²) in [6.45, 7) is 0.816. The second-order valence-electron chi connectivity index (χ2n) is 7.97. The first-order chi connectivity index (χ1) is 17.0. The quantitative estimate of drug-likeness (QED) is 0.325. The Morgan fingerprint density at radius 1 is 1.03 bits per heavy atom. The molecule has 1 unspecified atom stereocenters. The van der Waals surface area contributed by atoms with Crippen molar-refractivity contribution in [1.29, 1.82) is 0 Å². The molecule has 1 amide bonds. The van der Waals surface area contributed by atoms with Crippen LogP contribution in [-0.2, 0) is 16.1 Å². The number of likely N-dealkylation sites (tertiary alicyclic amines) is 1. The van der Waals surface area contributed by atoms with Gasteiger partial charge in [-0.1, -0.05) is 0 Å². The maximum atomic E-state index is 13.3. The second-order valence-corrected chi connectivity index (χ2v) is 7.97. The van der Waals surface area contributed by atoms with Crippen molar-refractivity contribution in [2.75, 3.05) is 27.4 Å². The Kier molecular flexibility index (Phi) is 5.82. The Bertz CT molecular complexity index is 1310. The lowest BCUT2D eigenvalue weighted by molar-refractivity contribution is -0.140. The van der Waals surface area contributed by atoms with Crippen molar-refractivity contribution in [1.82, 2.24) is 4.90 Å². The summed E-state index contributed by atoms with van der Waals surface area (Å²) in [4.78, 5) is 27.8. The van der Waals surface area contributed by atoms with Gasteiger partial charge >= 0.3 is 0 Å². The Balaban J connectivity index is 1.67. The van der Waals surface area contributed by atoms with Crippen LogP contribution in [0.4, 0.5) is 0 Å². The third-order valence-electron chi connectivity index (χ3n) is 6.00. The number of methoxy groups -OCH3 is 2. The maximum Gasteiger partial charge on any atom is 0.296 e. The van der Waals surface area contributed by atoms with E-state index >= 15 is 0 Å². The number of aliphatic hydroxyl groups excluding tert-OH is 1. The molecule has 2 aliphatic heterocycles. The van der Waals surface area contributed by atoms with Gasteiger partial charge in [-0.2, -0.15) is 0 Å². The number of ketones is 1. The zero-order valence-electron chi connectivity index (χ0n) is 19.1. The minimum atomic E-state index is -0.936. The molecule has 5 rings (SSSR count). The van der Waals surface area contributed by atoms with E-state index < -0.39 is 17.7 Å². The average molecular weight is 477 g/mol. The number of benzene rings is 2. The second kappa shape index (κ2) is 9.09. The number of ether oxygens (including phenoxy) is 4. The zero-order chi connectivity index (χ0) is 24.5. The minimum Gasteiger partial charge on any atom is -0.507 e. The summed E-state index contributed by atoms with van der Waals surface area (Å²) < 4.78 is 27.5. The number of carbonyl (C=O) groups excluding carboxylic acids is 2. The summed E-state index contributed by atoms with van der Waals surface area (Å²) in [5.41, 5.74) is 0.766. The highest BCUT2D eigenvalue weighted by Gasteiger charge is 2.47. The van der Waals surface area contributed by atoms with Crippen molar-refractivity contribution in [2.24, 2.45) is 0 Å². The SMILES string of the molecule is COc1ccc(C2/C(=C(/O)c3ccc4c(c3)OCCO4)C(=O)C(=O)N2Cc2ccco2)c(OC)c1. The molecule has 1 fully saturated rings. The fraction of sp³-hybridized carbons (Fsp3) is 0.231. The molecular formula is C26H23NO8. The number of hydrogen-bond donors (Lipinski definition) is 1. The summed E-state index contributed by atoms with van der Waals surface area (Å²) in [7, 11) is 3.01. The van der Waals surface area contributed by atoms with Crippen LogP contribution >= 0.6 is 0 Å². The number of furan rings is 1. The first-order valence-electron chi connectivity index (χ1n) is 10.9. The van der Waals surface area contributed by atoms with Gasteiger partial charge in [0.25, 0.3) is 11.7 Å². The third-order valence-corrected chi connectivity index (χ3v) is 6.00. The van der Waals surface area contributed by atoms with Crippen molar-refractivity contribution in [2.45, 2.75) is 12.6 Å². The normalized spacial score (nSPS) is 18.6. The molecule has 1 saturated heterocycles. The summed E-state index contributed by atoms with van der Waals surface area (Å²) in [5.74, 6) is 0.515. The molecule has 9 heteroatoms. The van der Waals surface area contributed by atoms with Gasteiger partial charge in [-0.25, -0.2) is 0 Å². The topological polar surface area (TPSA) is 108 Å². The number of carbonyl (C=O) groups is 2. The number of rotatable bonds is 6. The van der Waals surface area contributed by atoms with Gasteiger partial charge < -0.3 is 33.4 Å². The molecule has 2 aliphatic rings. The Morgan fingerprint density at radius 2 is 1.83 bits per heavy atom. The molecule has 180 valence electrons. The Morgan fingerprint density at radius 3 is 2.54 bits per heavy atom. The highest BCUT2D eigenvalue weighted by molar-refractivity contribution is 6.46. The predicted molar refractivity (Wildman–Crippen MR) is 124 cm³/mol. The van der Waals surface area contributed by atoms with Crippen LogP contribution in [0.1, 0.15) is 22.9 Å². The van der Waals surface area contributed by atoms with E-state index in [1.165, 1.54) is 25.4 Å². The Hall–Kier alpha value is -4.40. The van der Waals surface area contributed by atoms with Crippen molar-refractivity contribution >= 4 is 17.4 Å². The number of nitrogens with zero attached hydrogens (tertiary/aromatic N) is 1. The predicted octanol–water partition coefficient (Wildman–Crippen LogP) is 3.69. The van der Waals surface area contributed by atoms with E-state index in [0.717, 1.165) is 0 Å². The molecule has 0 saturated carbocycles. The summed E-state index contributed by atoms with van der Waals surface area (Å²) in [6.07, 6.45) is 1.49. The summed E-state index contributed by atoms with van der Waals surface area (Å²) in [5, 5.41) is 11.3. The minimum absolute atomic E-state index is 0.0232. The van der Waals surface area contributed by atoms with Crippen molar-refractivity contribution < 1.29 is 38.1 Å². The fourth-order valence-corrected chi connectivity index (χ4v) is 4.33. The smallest absolute Gasteiger partial charge is 0.296 e. The lowest BCUT2D eigenvalue weighted by atomic mass is 9.94. The number of amides is 1. The van der Waals surface area contributed by atoms with Crippen LogP contribution in [0.25, 0.3) is 5.76 Å². The number of fused-ring (bicyclic) bond motifs is 1. The van der Waals surface area contributed by atoms with Gasteiger partial charge in [0.2, 0.25) is 0 Å². The lowest BCUT2D eigenvalue weighted by Crippen LogP contribution is -2.29. The van der Waals surface area contributed by atoms with Crippen LogP contribution < -0.4 is 18.9 Å². The van der Waals surface area contributed by atoms with Crippen LogP contribution in [0.5, 0.6) is 23.0 Å². The van der Waals surface area contributed by atoms with Gasteiger partial charge in [-0.05, 0) is 42.5 Å². The van der Waals surface area contributed by atoms with E-state index in [0.29, 0.717) is 53.1 Å². The highest BCUT2D eigenvalue weighted by atomic mass is 16.6. The highest BCUT2D eigenvalue weighted by Crippen LogP contribution is 2.45. The standard InChI is InChI=1S/C26H23NO8/c1-31-16-6-7-18(20(13-16)32-2)23-22(25(29)26(30)27(23)14-17-4-3-9-33-17)24(28)15-5-8-19-21(12-15)35-11-10-34-19/h3-9,12-13,23,28H,10-11,14H2,1-2H3/b24-22-. The van der Waals surface area contributed by atoms with Gasteiger partial charge in [0.15, 0.2) is 11.5 Å². The molecular weight excluding hydrogens is 454 g/mol. The van der Waals surface area contributed by atoms with Crippen LogP contribution in [0, 0.1) is 0 Å². The summed E-state index contributed by atoms with van der Waals surface area (Å²) in [6, 6.07) is 12.4. The van der Waals surface area contributed by atoms with Gasteiger partial charge in [0.1, 0.15) is 36.2 Å². The molecule has 1 atom stereocenters. The van der Waals surface area contributed by atoms with Gasteiger partial charge in [0, 0.05) is 17.2 Å². The monoisotopic (exact) mass is 477 g/mol. The largest absolute Gasteiger partial charge is 0.507 e. The van der Waals surface area contributed by atoms with Crippen molar-refractivity contribution in [3.8, 4) is 23.0 Å². The van der Waals surface area contributed by atoms with Crippen LogP contribution in [0.2, 0.25) is 0 Å². The van der Waals surface area contributed by atoms with Crippen molar-refractivity contribution in [3.05, 3.63) is 77.3 Å². The van der Waals surface area contributed by atoms with E-state index in [4.69, 9.17) is 23.4 Å². The van der Waals surface area contributed by atoms with Gasteiger partial charge in [0.05, 0.1) is 38.6 Å². The zero-order valence-corrected chi connectivity index (χ0v) is 19.1. The van der Waals surface area contributed by atoms with Crippen molar-refractivity contribution in [3.63, 3.8) is 0 Å². The molecule has 2 aromatic carbocycles. The molecule has 0 spiro atoms. The Labute approximate surface area is 201 Å². The number of hydrogen-bond acceptors (Lipinski definition) is 8. The average Bonchev–Trinajstić information content (AvgIpc) is 3.50. The summed E-state index contributed by atoms with van der Waals surface area (Å²) >= 11 is 0. The molecule has 1 N–H and O–H groups in total. The van der Waals surface area contributed by atoms with E-state index in [1.807, 2.05) is 0 Å². The molecule has 1 aromatic heterocycles. The van der Waals surface area contributed by atoms with Gasteiger partial charge in [-0.15, -0.1) is 0 Å². The molecule has 9 nitrogen and oxygen atoms in total. The van der Waals surface area contributed by atoms with Crippen LogP contribution in [0.15, 0.2) is 64.8 Å². The first-order valence-corrected chi connectivity index (χ1v) is 10.9. The third kappa shape index (κ3) is 3.95. The maximum absolute atomic E-state index is 13.3. The molecule has 0 aliphatic carbocycles. The molecule has 0 radical (unpaired) electrons. The van der Waals surface area contributed by atoms with E-state index in [9.17, 15) is 14.7 Å². The molecule has 0 bridgehead atoms. The van der Waals surface area contributed by atoms with Crippen LogP contribution in [-0.4, -0.2) is 49.1 Å². The van der Waals surface area contributed by atoms with E-state index in [1.54, 1.807) is 48.5 Å². The van der Waals surface area contributed by atoms with E-state index in [-0.39, 0.29) is 17.9 Å². The van der Waals surface area contributed by atoms with Crippen LogP contribution in [0.3, 0.4) is 0 Å². The molecule has 3 heterocycles. The molecule has 35 heavy (non-hydrogen) atoms.